The van der Waals surface area contributed by atoms with Gasteiger partial charge in [0.05, 0.1) is 0 Å². The second-order valence-corrected chi connectivity index (χ2v) is 3.81. The van der Waals surface area contributed by atoms with E-state index in [1.807, 2.05) is 13.0 Å². The molecule has 0 aliphatic carbocycles. The van der Waals surface area contributed by atoms with Crippen LogP contribution in [0.4, 0.5) is 5.69 Å². The molecule has 1 aromatic heterocycles. The van der Waals surface area contributed by atoms with Crippen molar-refractivity contribution in [3.8, 4) is 11.3 Å². The Morgan fingerprint density at radius 3 is 2.40 bits per heavy atom. The first-order chi connectivity index (χ1) is 7.09. The van der Waals surface area contributed by atoms with E-state index in [0.717, 1.165) is 11.3 Å². The lowest BCUT2D eigenvalue weighted by Crippen LogP contribution is -1.89. The number of anilines is 1. The van der Waals surface area contributed by atoms with Crippen LogP contribution in [0, 0.1) is 20.8 Å². The number of nitrogens with zero attached hydrogens (tertiary/aromatic N) is 1. The summed E-state index contributed by atoms with van der Waals surface area (Å²) in [5.41, 5.74) is 10.7. The van der Waals surface area contributed by atoms with E-state index in [4.69, 9.17) is 10.3 Å². The number of rotatable bonds is 1. The van der Waals surface area contributed by atoms with Gasteiger partial charge in [-0.2, -0.15) is 0 Å². The molecule has 0 aliphatic heterocycles. The monoisotopic (exact) mass is 202 g/mol. The van der Waals surface area contributed by atoms with Gasteiger partial charge < -0.3 is 10.3 Å². The van der Waals surface area contributed by atoms with Crippen LogP contribution in [-0.2, 0) is 0 Å². The van der Waals surface area contributed by atoms with E-state index in [1.165, 1.54) is 11.1 Å². The van der Waals surface area contributed by atoms with Gasteiger partial charge in [-0.25, -0.2) is 0 Å². The summed E-state index contributed by atoms with van der Waals surface area (Å²) in [5.74, 6) is 0.663. The van der Waals surface area contributed by atoms with Crippen LogP contribution in [0.3, 0.4) is 0 Å². The molecule has 0 atom stereocenters. The van der Waals surface area contributed by atoms with Gasteiger partial charge >= 0.3 is 0 Å². The highest BCUT2D eigenvalue weighted by Gasteiger charge is 2.11. The highest BCUT2D eigenvalue weighted by Crippen LogP contribution is 2.29. The molecule has 2 aromatic rings. The zero-order chi connectivity index (χ0) is 11.0. The Bertz CT molecular complexity index is 500. The van der Waals surface area contributed by atoms with Crippen LogP contribution in [0.25, 0.3) is 11.3 Å². The first kappa shape index (κ1) is 9.77. The fraction of sp³-hybridized carbons (Fsp3) is 0.250. The number of benzene rings is 1. The molecule has 0 spiro atoms. The quantitative estimate of drug-likeness (QED) is 0.773. The lowest BCUT2D eigenvalue weighted by atomic mass is 10.0. The number of hydrogen-bond donors (Lipinski definition) is 1. The van der Waals surface area contributed by atoms with Gasteiger partial charge in [0.15, 0.2) is 5.76 Å². The maximum absolute atomic E-state index is 5.87. The molecule has 15 heavy (non-hydrogen) atoms. The Hall–Kier alpha value is -1.77. The molecule has 0 saturated heterocycles. The zero-order valence-electron chi connectivity index (χ0n) is 9.16. The van der Waals surface area contributed by atoms with E-state index in [1.54, 1.807) is 0 Å². The summed E-state index contributed by atoms with van der Waals surface area (Å²) in [6.07, 6.45) is 0. The third-order valence-corrected chi connectivity index (χ3v) is 2.68. The summed E-state index contributed by atoms with van der Waals surface area (Å²) in [5, 5.41) is 3.84. The minimum atomic E-state index is 0.623. The number of aromatic nitrogens is 1. The highest BCUT2D eigenvalue weighted by molar-refractivity contribution is 5.72. The molecule has 0 unspecified atom stereocenters. The molecular weight excluding hydrogens is 188 g/mol. The first-order valence-corrected chi connectivity index (χ1v) is 4.89. The summed E-state index contributed by atoms with van der Waals surface area (Å²) in [4.78, 5) is 0. The second kappa shape index (κ2) is 3.42. The van der Waals surface area contributed by atoms with Crippen LogP contribution >= 0.6 is 0 Å². The molecule has 2 rings (SSSR count). The van der Waals surface area contributed by atoms with Crippen LogP contribution in [0.2, 0.25) is 0 Å². The van der Waals surface area contributed by atoms with Gasteiger partial charge in [0.2, 0.25) is 0 Å². The second-order valence-electron chi connectivity index (χ2n) is 3.81. The Morgan fingerprint density at radius 1 is 1.13 bits per heavy atom. The molecule has 3 nitrogen and oxygen atoms in total. The molecule has 1 aromatic carbocycles. The molecule has 2 N–H and O–H groups in total. The number of aryl methyl sites for hydroxylation is 3. The molecule has 0 fully saturated rings. The fourth-order valence-electron chi connectivity index (χ4n) is 1.47. The van der Waals surface area contributed by atoms with E-state index in [9.17, 15) is 0 Å². The van der Waals surface area contributed by atoms with Crippen molar-refractivity contribution in [2.24, 2.45) is 0 Å². The van der Waals surface area contributed by atoms with E-state index in [-0.39, 0.29) is 0 Å². The van der Waals surface area contributed by atoms with Crippen LogP contribution in [0.5, 0.6) is 0 Å². The van der Waals surface area contributed by atoms with Crippen molar-refractivity contribution in [3.63, 3.8) is 0 Å². The van der Waals surface area contributed by atoms with Crippen molar-refractivity contribution >= 4 is 5.69 Å². The molecular formula is C12H14N2O. The van der Waals surface area contributed by atoms with Gasteiger partial charge in [-0.05, 0) is 38.0 Å². The summed E-state index contributed by atoms with van der Waals surface area (Å²) < 4.78 is 5.20. The largest absolute Gasteiger partial charge is 0.394 e. The summed E-state index contributed by atoms with van der Waals surface area (Å²) >= 11 is 0. The molecule has 0 radical (unpaired) electrons. The topological polar surface area (TPSA) is 52.0 Å². The zero-order valence-corrected chi connectivity index (χ0v) is 9.16. The average Bonchev–Trinajstić information content (AvgIpc) is 2.53. The maximum atomic E-state index is 5.87. The van der Waals surface area contributed by atoms with E-state index >= 15 is 0 Å². The van der Waals surface area contributed by atoms with Crippen molar-refractivity contribution in [2.45, 2.75) is 20.8 Å². The summed E-state index contributed by atoms with van der Waals surface area (Å²) in [7, 11) is 0. The smallest absolute Gasteiger partial charge is 0.190 e. The molecule has 3 heteroatoms. The van der Waals surface area contributed by atoms with Crippen molar-refractivity contribution in [1.29, 1.82) is 0 Å². The molecule has 0 amide bonds. The number of hydrogen-bond acceptors (Lipinski definition) is 3. The van der Waals surface area contributed by atoms with Crippen molar-refractivity contribution < 1.29 is 4.52 Å². The Morgan fingerprint density at radius 2 is 1.87 bits per heavy atom. The van der Waals surface area contributed by atoms with E-state index in [2.05, 4.69) is 31.1 Å². The third kappa shape index (κ3) is 1.61. The van der Waals surface area contributed by atoms with Crippen LogP contribution < -0.4 is 5.73 Å². The molecule has 0 saturated carbocycles. The van der Waals surface area contributed by atoms with Crippen molar-refractivity contribution in [2.75, 3.05) is 5.73 Å². The summed E-state index contributed by atoms with van der Waals surface area (Å²) in [6.45, 7) is 5.98. The maximum Gasteiger partial charge on any atom is 0.190 e. The molecule has 0 aliphatic rings. The minimum Gasteiger partial charge on any atom is -0.394 e. The Balaban J connectivity index is 2.55. The van der Waals surface area contributed by atoms with Crippen LogP contribution in [0.1, 0.15) is 16.8 Å². The van der Waals surface area contributed by atoms with Gasteiger partial charge in [-0.1, -0.05) is 17.3 Å². The standard InChI is InChI=1S/C12H14N2O/c1-7-4-5-10(6-8(7)2)12-11(13)9(3)14-15-12/h4-6H,13H2,1-3H3. The first-order valence-electron chi connectivity index (χ1n) is 4.89. The molecule has 0 bridgehead atoms. The number of nitrogens with two attached hydrogens (primary N) is 1. The van der Waals surface area contributed by atoms with Gasteiger partial charge in [0.1, 0.15) is 11.4 Å². The van der Waals surface area contributed by atoms with E-state index < -0.39 is 0 Å². The SMILES string of the molecule is Cc1ccc(-c2onc(C)c2N)cc1C. The van der Waals surface area contributed by atoms with Gasteiger partial charge in [-0.15, -0.1) is 0 Å². The molecule has 1 heterocycles. The number of nitrogen functional groups attached to an aromatic ring is 1. The lowest BCUT2D eigenvalue weighted by Gasteiger charge is -2.02. The fourth-order valence-corrected chi connectivity index (χ4v) is 1.47. The average molecular weight is 202 g/mol. The molecule has 78 valence electrons. The Kier molecular flexibility index (Phi) is 2.23. The van der Waals surface area contributed by atoms with Gasteiger partial charge in [0, 0.05) is 5.56 Å². The summed E-state index contributed by atoms with van der Waals surface area (Å²) in [6, 6.07) is 6.12. The van der Waals surface area contributed by atoms with Gasteiger partial charge in [-0.3, -0.25) is 0 Å². The third-order valence-electron chi connectivity index (χ3n) is 2.68. The van der Waals surface area contributed by atoms with Crippen LogP contribution in [0.15, 0.2) is 22.7 Å². The predicted octanol–water partition coefficient (Wildman–Crippen LogP) is 2.85. The van der Waals surface area contributed by atoms with Gasteiger partial charge in [0.25, 0.3) is 0 Å². The predicted molar refractivity (Wildman–Crippen MR) is 60.6 cm³/mol. The Labute approximate surface area is 88.9 Å². The minimum absolute atomic E-state index is 0.623. The van der Waals surface area contributed by atoms with Crippen molar-refractivity contribution in [1.82, 2.24) is 5.16 Å². The van der Waals surface area contributed by atoms with E-state index in [0.29, 0.717) is 11.4 Å². The lowest BCUT2D eigenvalue weighted by molar-refractivity contribution is 0.427. The van der Waals surface area contributed by atoms with Crippen LogP contribution in [-0.4, -0.2) is 5.16 Å². The highest BCUT2D eigenvalue weighted by atomic mass is 16.5. The normalized spacial score (nSPS) is 10.6. The van der Waals surface area contributed by atoms with Crippen molar-refractivity contribution in [3.05, 3.63) is 35.0 Å².